The summed E-state index contributed by atoms with van der Waals surface area (Å²) in [5, 5.41) is 12.2. The van der Waals surface area contributed by atoms with Crippen molar-refractivity contribution in [2.75, 3.05) is 14.1 Å². The molecule has 0 aromatic rings. The van der Waals surface area contributed by atoms with Crippen molar-refractivity contribution in [2.24, 2.45) is 11.1 Å². The average molecular weight is 284 g/mol. The molecule has 1 aliphatic carbocycles. The third-order valence-corrected chi connectivity index (χ3v) is 3.29. The Balaban J connectivity index is 2.51. The zero-order valence-electron chi connectivity index (χ0n) is 12.0. The van der Waals surface area contributed by atoms with E-state index in [1.165, 1.54) is 0 Å². The quantitative estimate of drug-likeness (QED) is 0.455. The van der Waals surface area contributed by atoms with E-state index in [2.05, 4.69) is 5.16 Å². The SMILES string of the molecule is CC(=O)C(=NOC1CCC(C(=O)N(C)C)CC1)C(=O)O. The van der Waals surface area contributed by atoms with E-state index in [9.17, 15) is 14.4 Å². The molecule has 1 saturated carbocycles. The first kappa shape index (κ1) is 16.1. The van der Waals surface area contributed by atoms with Crippen LogP contribution in [0.25, 0.3) is 0 Å². The van der Waals surface area contributed by atoms with E-state index in [1.54, 1.807) is 19.0 Å². The maximum Gasteiger partial charge on any atom is 0.361 e. The maximum atomic E-state index is 11.8. The molecule has 0 saturated heterocycles. The molecule has 0 aromatic heterocycles. The monoisotopic (exact) mass is 284 g/mol. The number of ketones is 1. The Kier molecular flexibility index (Phi) is 5.66. The van der Waals surface area contributed by atoms with Gasteiger partial charge < -0.3 is 14.8 Å². The second-order valence-electron chi connectivity index (χ2n) is 5.11. The van der Waals surface area contributed by atoms with E-state index in [-0.39, 0.29) is 17.9 Å². The van der Waals surface area contributed by atoms with Crippen LogP contribution in [-0.2, 0) is 19.2 Å². The minimum absolute atomic E-state index is 0.0134. The van der Waals surface area contributed by atoms with Crippen molar-refractivity contribution in [1.29, 1.82) is 0 Å². The van der Waals surface area contributed by atoms with Crippen molar-refractivity contribution >= 4 is 23.4 Å². The fourth-order valence-electron chi connectivity index (χ4n) is 2.16. The first-order valence-corrected chi connectivity index (χ1v) is 6.52. The van der Waals surface area contributed by atoms with Gasteiger partial charge in [0.2, 0.25) is 11.6 Å². The molecule has 1 amide bonds. The van der Waals surface area contributed by atoms with Crippen LogP contribution in [0.1, 0.15) is 32.6 Å². The summed E-state index contributed by atoms with van der Waals surface area (Å²) in [5.74, 6) is -1.95. The Morgan fingerprint density at radius 2 is 1.70 bits per heavy atom. The minimum Gasteiger partial charge on any atom is -0.476 e. The Morgan fingerprint density at radius 1 is 1.15 bits per heavy atom. The number of amides is 1. The molecular weight excluding hydrogens is 264 g/mol. The lowest BCUT2D eigenvalue weighted by Crippen LogP contribution is -2.33. The summed E-state index contributed by atoms with van der Waals surface area (Å²) >= 11 is 0. The number of Topliss-reactive ketones (excluding diaryl/α,β-unsaturated/α-hetero) is 1. The first-order chi connectivity index (χ1) is 9.32. The molecule has 0 heterocycles. The van der Waals surface area contributed by atoms with Gasteiger partial charge in [-0.2, -0.15) is 0 Å². The van der Waals surface area contributed by atoms with E-state index in [0.717, 1.165) is 6.92 Å². The molecule has 7 heteroatoms. The summed E-state index contributed by atoms with van der Waals surface area (Å²) in [7, 11) is 3.45. The molecule has 0 aliphatic heterocycles. The van der Waals surface area contributed by atoms with Gasteiger partial charge in [0.15, 0.2) is 5.78 Å². The Bertz CT molecular complexity index is 406. The zero-order valence-corrected chi connectivity index (χ0v) is 12.0. The number of rotatable bonds is 5. The van der Waals surface area contributed by atoms with Gasteiger partial charge in [-0.25, -0.2) is 4.79 Å². The van der Waals surface area contributed by atoms with E-state index in [4.69, 9.17) is 9.94 Å². The van der Waals surface area contributed by atoms with Gasteiger partial charge in [-0.3, -0.25) is 9.59 Å². The van der Waals surface area contributed by atoms with E-state index < -0.39 is 17.5 Å². The van der Waals surface area contributed by atoms with Crippen LogP contribution < -0.4 is 0 Å². The normalized spacial score (nSPS) is 23.1. The van der Waals surface area contributed by atoms with Crippen molar-refractivity contribution in [3.05, 3.63) is 0 Å². The van der Waals surface area contributed by atoms with E-state index in [1.807, 2.05) is 0 Å². The highest BCUT2D eigenvalue weighted by atomic mass is 16.6. The molecule has 1 aliphatic rings. The minimum atomic E-state index is -1.39. The lowest BCUT2D eigenvalue weighted by atomic mass is 9.86. The fraction of sp³-hybridized carbons (Fsp3) is 0.692. The van der Waals surface area contributed by atoms with Crippen molar-refractivity contribution < 1.29 is 24.3 Å². The highest BCUT2D eigenvalue weighted by molar-refractivity contribution is 6.63. The number of hydrogen-bond donors (Lipinski definition) is 1. The molecule has 7 nitrogen and oxygen atoms in total. The van der Waals surface area contributed by atoms with Crippen LogP contribution in [0.2, 0.25) is 0 Å². The van der Waals surface area contributed by atoms with Crippen LogP contribution in [0, 0.1) is 5.92 Å². The van der Waals surface area contributed by atoms with Crippen LogP contribution in [-0.4, -0.2) is 53.6 Å². The molecule has 0 unspecified atom stereocenters. The summed E-state index contributed by atoms with van der Waals surface area (Å²) in [5.41, 5.74) is -0.600. The molecule has 1 N–H and O–H groups in total. The van der Waals surface area contributed by atoms with Gasteiger partial charge in [0.25, 0.3) is 0 Å². The summed E-state index contributed by atoms with van der Waals surface area (Å²) in [6, 6.07) is 0. The fourth-order valence-corrected chi connectivity index (χ4v) is 2.16. The summed E-state index contributed by atoms with van der Waals surface area (Å²) < 4.78 is 0. The third kappa shape index (κ3) is 4.32. The molecule has 112 valence electrons. The average Bonchev–Trinajstić information content (AvgIpc) is 2.38. The number of aliphatic carboxylic acids is 1. The lowest BCUT2D eigenvalue weighted by Gasteiger charge is -2.28. The first-order valence-electron chi connectivity index (χ1n) is 6.52. The Morgan fingerprint density at radius 3 is 2.10 bits per heavy atom. The standard InChI is InChI=1S/C13H20N2O5/c1-8(16)11(13(18)19)14-20-10-6-4-9(5-7-10)12(17)15(2)3/h9-10H,4-7H2,1-3H3,(H,18,19). The number of nitrogens with zero attached hydrogens (tertiary/aromatic N) is 2. The molecule has 0 spiro atoms. The second kappa shape index (κ2) is 7.02. The lowest BCUT2D eigenvalue weighted by molar-refractivity contribution is -0.135. The molecule has 0 atom stereocenters. The van der Waals surface area contributed by atoms with Crippen LogP contribution in [0.5, 0.6) is 0 Å². The third-order valence-electron chi connectivity index (χ3n) is 3.29. The van der Waals surface area contributed by atoms with E-state index >= 15 is 0 Å². The smallest absolute Gasteiger partial charge is 0.361 e. The predicted molar refractivity (Wildman–Crippen MR) is 71.3 cm³/mol. The second-order valence-corrected chi connectivity index (χ2v) is 5.11. The summed E-state index contributed by atoms with van der Waals surface area (Å²) in [6.45, 7) is 1.13. The van der Waals surface area contributed by atoms with Crippen molar-refractivity contribution in [3.63, 3.8) is 0 Å². The van der Waals surface area contributed by atoms with Crippen LogP contribution >= 0.6 is 0 Å². The summed E-state index contributed by atoms with van der Waals surface area (Å²) in [4.78, 5) is 40.3. The maximum absolute atomic E-state index is 11.8. The molecule has 1 rings (SSSR count). The molecule has 0 aromatic carbocycles. The molecule has 0 radical (unpaired) electrons. The van der Waals surface area contributed by atoms with Gasteiger partial charge in [0, 0.05) is 26.9 Å². The van der Waals surface area contributed by atoms with Crippen molar-refractivity contribution in [2.45, 2.75) is 38.7 Å². The van der Waals surface area contributed by atoms with Gasteiger partial charge in [-0.1, -0.05) is 5.16 Å². The topological polar surface area (TPSA) is 96.3 Å². The van der Waals surface area contributed by atoms with Gasteiger partial charge in [0.05, 0.1) is 0 Å². The number of carboxylic acid groups (broad SMARTS) is 1. The number of carbonyl (C=O) groups excluding carboxylic acids is 2. The molecule has 0 bridgehead atoms. The van der Waals surface area contributed by atoms with Crippen molar-refractivity contribution in [3.8, 4) is 0 Å². The molecular formula is C13H20N2O5. The molecule has 1 fully saturated rings. The highest BCUT2D eigenvalue weighted by Crippen LogP contribution is 2.27. The highest BCUT2D eigenvalue weighted by Gasteiger charge is 2.28. The van der Waals surface area contributed by atoms with Crippen LogP contribution in [0.15, 0.2) is 5.16 Å². The predicted octanol–water partition coefficient (Wildman–Crippen LogP) is 0.680. The van der Waals surface area contributed by atoms with Gasteiger partial charge in [-0.15, -0.1) is 0 Å². The number of carbonyl (C=O) groups is 3. The number of carboxylic acids is 1. The van der Waals surface area contributed by atoms with Gasteiger partial charge in [-0.05, 0) is 25.7 Å². The largest absolute Gasteiger partial charge is 0.476 e. The summed E-state index contributed by atoms with van der Waals surface area (Å²) in [6.07, 6.45) is 2.37. The van der Waals surface area contributed by atoms with Gasteiger partial charge >= 0.3 is 5.97 Å². The van der Waals surface area contributed by atoms with Crippen LogP contribution in [0.4, 0.5) is 0 Å². The number of oxime groups is 1. The number of hydrogen-bond acceptors (Lipinski definition) is 5. The van der Waals surface area contributed by atoms with E-state index in [0.29, 0.717) is 25.7 Å². The molecule has 20 heavy (non-hydrogen) atoms. The van der Waals surface area contributed by atoms with Crippen LogP contribution in [0.3, 0.4) is 0 Å². The Hall–Kier alpha value is -1.92. The Labute approximate surface area is 117 Å². The zero-order chi connectivity index (χ0) is 15.3. The van der Waals surface area contributed by atoms with Crippen molar-refractivity contribution in [1.82, 2.24) is 4.90 Å². The van der Waals surface area contributed by atoms with Gasteiger partial charge in [0.1, 0.15) is 6.10 Å².